The first-order valence-electron chi connectivity index (χ1n) is 4.72. The van der Waals surface area contributed by atoms with Crippen LogP contribution in [0.2, 0.25) is 0 Å². The molecule has 0 saturated carbocycles. The molecular formula is C11H15NO. The molecule has 1 aliphatic heterocycles. The van der Waals surface area contributed by atoms with Crippen molar-refractivity contribution in [2.24, 2.45) is 5.92 Å². The van der Waals surface area contributed by atoms with E-state index in [0.29, 0.717) is 12.0 Å². The molecule has 1 aromatic rings. The zero-order valence-electron chi connectivity index (χ0n) is 8.08. The van der Waals surface area contributed by atoms with Crippen molar-refractivity contribution >= 4 is 0 Å². The van der Waals surface area contributed by atoms with Crippen LogP contribution in [0.15, 0.2) is 24.3 Å². The van der Waals surface area contributed by atoms with Crippen LogP contribution in [0, 0.1) is 5.92 Å². The van der Waals surface area contributed by atoms with Gasteiger partial charge in [0.2, 0.25) is 0 Å². The first-order chi connectivity index (χ1) is 6.33. The van der Waals surface area contributed by atoms with Crippen molar-refractivity contribution in [3.63, 3.8) is 0 Å². The van der Waals surface area contributed by atoms with Crippen LogP contribution in [0.1, 0.15) is 18.5 Å². The standard InChI is InChI=1S/C11H15NO/c1-8-7-13-10-6-4-3-5-9(10)11(8)12-2/h3-6,8,11-12H,7H2,1-2H3. The van der Waals surface area contributed by atoms with E-state index in [1.54, 1.807) is 0 Å². The van der Waals surface area contributed by atoms with Gasteiger partial charge < -0.3 is 10.1 Å². The molecule has 1 aliphatic rings. The number of benzene rings is 1. The lowest BCUT2D eigenvalue weighted by atomic mass is 9.92. The zero-order chi connectivity index (χ0) is 9.26. The van der Waals surface area contributed by atoms with Gasteiger partial charge in [-0.05, 0) is 13.1 Å². The van der Waals surface area contributed by atoms with Crippen LogP contribution < -0.4 is 10.1 Å². The second-order valence-electron chi connectivity index (χ2n) is 3.59. The maximum absolute atomic E-state index is 5.63. The third kappa shape index (κ3) is 1.42. The van der Waals surface area contributed by atoms with E-state index < -0.39 is 0 Å². The van der Waals surface area contributed by atoms with Crippen LogP contribution >= 0.6 is 0 Å². The van der Waals surface area contributed by atoms with Gasteiger partial charge in [-0.2, -0.15) is 0 Å². The topological polar surface area (TPSA) is 21.3 Å². The van der Waals surface area contributed by atoms with Gasteiger partial charge in [-0.25, -0.2) is 0 Å². The Bertz CT molecular complexity index is 298. The summed E-state index contributed by atoms with van der Waals surface area (Å²) in [5.74, 6) is 1.57. The van der Waals surface area contributed by atoms with Crippen molar-refractivity contribution < 1.29 is 4.74 Å². The molecule has 0 fully saturated rings. The Morgan fingerprint density at radius 3 is 2.92 bits per heavy atom. The van der Waals surface area contributed by atoms with E-state index >= 15 is 0 Å². The maximum atomic E-state index is 5.63. The van der Waals surface area contributed by atoms with E-state index in [4.69, 9.17) is 4.74 Å². The Hall–Kier alpha value is -1.02. The highest BCUT2D eigenvalue weighted by atomic mass is 16.5. The summed E-state index contributed by atoms with van der Waals surface area (Å²) in [6.45, 7) is 3.01. The number of fused-ring (bicyclic) bond motifs is 1. The average Bonchev–Trinajstić information content (AvgIpc) is 2.18. The fraction of sp³-hybridized carbons (Fsp3) is 0.455. The highest BCUT2D eigenvalue weighted by Gasteiger charge is 2.25. The predicted octanol–water partition coefficient (Wildman–Crippen LogP) is 1.98. The van der Waals surface area contributed by atoms with Gasteiger partial charge >= 0.3 is 0 Å². The monoisotopic (exact) mass is 177 g/mol. The third-order valence-corrected chi connectivity index (χ3v) is 2.64. The Morgan fingerprint density at radius 2 is 2.15 bits per heavy atom. The molecule has 0 bridgehead atoms. The van der Waals surface area contributed by atoms with E-state index in [2.05, 4.69) is 24.4 Å². The lowest BCUT2D eigenvalue weighted by Gasteiger charge is -2.31. The zero-order valence-corrected chi connectivity index (χ0v) is 8.08. The fourth-order valence-corrected chi connectivity index (χ4v) is 1.93. The highest BCUT2D eigenvalue weighted by molar-refractivity contribution is 5.37. The normalized spacial score (nSPS) is 26.3. The predicted molar refractivity (Wildman–Crippen MR) is 52.9 cm³/mol. The fourth-order valence-electron chi connectivity index (χ4n) is 1.93. The maximum Gasteiger partial charge on any atom is 0.124 e. The molecule has 2 atom stereocenters. The van der Waals surface area contributed by atoms with Gasteiger partial charge in [0.1, 0.15) is 5.75 Å². The molecule has 1 N–H and O–H groups in total. The van der Waals surface area contributed by atoms with Crippen LogP contribution in [-0.2, 0) is 0 Å². The molecule has 2 rings (SSSR count). The number of rotatable bonds is 1. The minimum Gasteiger partial charge on any atom is -0.493 e. The van der Waals surface area contributed by atoms with Gasteiger partial charge in [0.25, 0.3) is 0 Å². The number of nitrogens with one attached hydrogen (secondary N) is 1. The van der Waals surface area contributed by atoms with Crippen LogP contribution in [0.25, 0.3) is 0 Å². The van der Waals surface area contributed by atoms with Gasteiger partial charge in [-0.15, -0.1) is 0 Å². The minimum absolute atomic E-state index is 0.435. The summed E-state index contributed by atoms with van der Waals surface area (Å²) in [6, 6.07) is 8.68. The molecular weight excluding hydrogens is 162 g/mol. The van der Waals surface area contributed by atoms with Crippen molar-refractivity contribution in [2.45, 2.75) is 13.0 Å². The highest BCUT2D eigenvalue weighted by Crippen LogP contribution is 2.34. The van der Waals surface area contributed by atoms with E-state index in [1.807, 2.05) is 19.2 Å². The summed E-state index contributed by atoms with van der Waals surface area (Å²) in [5, 5.41) is 3.33. The van der Waals surface area contributed by atoms with Crippen molar-refractivity contribution in [2.75, 3.05) is 13.7 Å². The molecule has 2 heteroatoms. The number of hydrogen-bond acceptors (Lipinski definition) is 2. The van der Waals surface area contributed by atoms with Gasteiger partial charge in [-0.3, -0.25) is 0 Å². The smallest absolute Gasteiger partial charge is 0.124 e. The quantitative estimate of drug-likeness (QED) is 0.708. The molecule has 0 amide bonds. The molecule has 0 aliphatic carbocycles. The molecule has 2 nitrogen and oxygen atoms in total. The van der Waals surface area contributed by atoms with Crippen molar-refractivity contribution in [1.29, 1.82) is 0 Å². The van der Waals surface area contributed by atoms with Crippen molar-refractivity contribution in [3.8, 4) is 5.75 Å². The second kappa shape index (κ2) is 3.38. The Labute approximate surface area is 78.9 Å². The summed E-state index contributed by atoms with van der Waals surface area (Å²) >= 11 is 0. The van der Waals surface area contributed by atoms with E-state index in [-0.39, 0.29) is 0 Å². The molecule has 0 spiro atoms. The molecule has 0 saturated heterocycles. The molecule has 2 unspecified atom stereocenters. The van der Waals surface area contributed by atoms with Gasteiger partial charge in [0, 0.05) is 17.5 Å². The lowest BCUT2D eigenvalue weighted by Crippen LogP contribution is -2.31. The number of hydrogen-bond donors (Lipinski definition) is 1. The molecule has 1 heterocycles. The summed E-state index contributed by atoms with van der Waals surface area (Å²) in [6.07, 6.45) is 0. The summed E-state index contributed by atoms with van der Waals surface area (Å²) in [7, 11) is 2.00. The largest absolute Gasteiger partial charge is 0.493 e. The first kappa shape index (κ1) is 8.57. The molecule has 0 aromatic heterocycles. The van der Waals surface area contributed by atoms with Crippen LogP contribution in [0.5, 0.6) is 5.75 Å². The number of ether oxygens (including phenoxy) is 1. The molecule has 1 aromatic carbocycles. The Balaban J connectivity index is 2.39. The van der Waals surface area contributed by atoms with Gasteiger partial charge in [-0.1, -0.05) is 25.1 Å². The second-order valence-corrected chi connectivity index (χ2v) is 3.59. The SMILES string of the molecule is CNC1c2ccccc2OCC1C. The van der Waals surface area contributed by atoms with Crippen LogP contribution in [0.3, 0.4) is 0 Å². The van der Waals surface area contributed by atoms with E-state index in [0.717, 1.165) is 12.4 Å². The average molecular weight is 177 g/mol. The summed E-state index contributed by atoms with van der Waals surface area (Å²) in [4.78, 5) is 0. The lowest BCUT2D eigenvalue weighted by molar-refractivity contribution is 0.193. The van der Waals surface area contributed by atoms with E-state index in [1.165, 1.54) is 5.56 Å². The molecule has 13 heavy (non-hydrogen) atoms. The van der Waals surface area contributed by atoms with Crippen molar-refractivity contribution in [3.05, 3.63) is 29.8 Å². The summed E-state index contributed by atoms with van der Waals surface area (Å²) in [5.41, 5.74) is 1.28. The Morgan fingerprint density at radius 1 is 1.38 bits per heavy atom. The van der Waals surface area contributed by atoms with E-state index in [9.17, 15) is 0 Å². The Kier molecular flexibility index (Phi) is 2.23. The van der Waals surface area contributed by atoms with Crippen molar-refractivity contribution in [1.82, 2.24) is 5.32 Å². The van der Waals surface area contributed by atoms with Crippen LogP contribution in [0.4, 0.5) is 0 Å². The molecule has 0 radical (unpaired) electrons. The van der Waals surface area contributed by atoms with Gasteiger partial charge in [0.05, 0.1) is 6.61 Å². The minimum atomic E-state index is 0.435. The third-order valence-electron chi connectivity index (χ3n) is 2.64. The summed E-state index contributed by atoms with van der Waals surface area (Å²) < 4.78 is 5.63. The first-order valence-corrected chi connectivity index (χ1v) is 4.72. The van der Waals surface area contributed by atoms with Gasteiger partial charge in [0.15, 0.2) is 0 Å². The van der Waals surface area contributed by atoms with Crippen LogP contribution in [-0.4, -0.2) is 13.7 Å². The molecule has 70 valence electrons. The number of para-hydroxylation sites is 1.